The van der Waals surface area contributed by atoms with Crippen molar-refractivity contribution in [2.75, 3.05) is 6.61 Å². The Morgan fingerprint density at radius 3 is 2.68 bits per heavy atom. The molecule has 0 unspecified atom stereocenters. The van der Waals surface area contributed by atoms with Gasteiger partial charge in [0.05, 0.1) is 33.5 Å². The summed E-state index contributed by atoms with van der Waals surface area (Å²) in [6.45, 7) is 3.85. The van der Waals surface area contributed by atoms with Crippen molar-refractivity contribution in [3.63, 3.8) is 0 Å². The number of esters is 1. The van der Waals surface area contributed by atoms with Gasteiger partial charge in [0.1, 0.15) is 28.9 Å². The largest absolute Gasteiger partial charge is 0.484 e. The maximum Gasteiger partial charge on any atom is 0.338 e. The van der Waals surface area contributed by atoms with Gasteiger partial charge in [-0.2, -0.15) is 0 Å². The first-order chi connectivity index (χ1) is 18.4. The summed E-state index contributed by atoms with van der Waals surface area (Å²) in [7, 11) is 0. The van der Waals surface area contributed by atoms with Crippen LogP contribution in [0.4, 0.5) is 0 Å². The van der Waals surface area contributed by atoms with Gasteiger partial charge in [0, 0.05) is 6.08 Å². The van der Waals surface area contributed by atoms with E-state index in [2.05, 4.69) is 4.99 Å². The average molecular weight is 569 g/mol. The van der Waals surface area contributed by atoms with E-state index in [1.54, 1.807) is 54.8 Å². The number of allylic oxidation sites excluding steroid dienone is 1. The molecule has 0 aliphatic carbocycles. The van der Waals surface area contributed by atoms with E-state index in [-0.39, 0.29) is 18.8 Å². The van der Waals surface area contributed by atoms with Gasteiger partial charge in [-0.05, 0) is 43.7 Å². The van der Waals surface area contributed by atoms with E-state index in [1.165, 1.54) is 11.3 Å². The topological polar surface area (TPSA) is 83.0 Å². The van der Waals surface area contributed by atoms with Gasteiger partial charge < -0.3 is 13.9 Å². The molecule has 0 N–H and O–H groups in total. The molecule has 2 aromatic carbocycles. The number of furan rings is 1. The van der Waals surface area contributed by atoms with E-state index in [0.717, 1.165) is 5.56 Å². The number of hydrogen-bond donors (Lipinski definition) is 0. The minimum Gasteiger partial charge on any atom is -0.484 e. The molecule has 2 aromatic heterocycles. The van der Waals surface area contributed by atoms with Crippen molar-refractivity contribution in [2.24, 2.45) is 4.99 Å². The third-order valence-corrected chi connectivity index (χ3v) is 7.66. The summed E-state index contributed by atoms with van der Waals surface area (Å²) >= 11 is 13.5. The summed E-state index contributed by atoms with van der Waals surface area (Å²) < 4.78 is 18.9. The fourth-order valence-electron chi connectivity index (χ4n) is 4.17. The molecule has 1 atom stereocenters. The van der Waals surface area contributed by atoms with Crippen LogP contribution < -0.4 is 19.6 Å². The van der Waals surface area contributed by atoms with Crippen LogP contribution in [0.1, 0.15) is 37.0 Å². The monoisotopic (exact) mass is 568 g/mol. The van der Waals surface area contributed by atoms with Crippen LogP contribution >= 0.6 is 34.5 Å². The van der Waals surface area contributed by atoms with Crippen LogP contribution in [0.3, 0.4) is 0 Å². The molecule has 0 fully saturated rings. The molecule has 0 saturated heterocycles. The van der Waals surface area contributed by atoms with Crippen LogP contribution in [0.5, 0.6) is 5.75 Å². The summed E-state index contributed by atoms with van der Waals surface area (Å²) in [6.07, 6.45) is 1.66. The predicted molar refractivity (Wildman–Crippen MR) is 146 cm³/mol. The van der Waals surface area contributed by atoms with E-state index in [0.29, 0.717) is 47.9 Å². The number of hydrogen-bond acceptors (Lipinski definition) is 7. The van der Waals surface area contributed by atoms with E-state index in [1.807, 2.05) is 30.3 Å². The highest BCUT2D eigenvalue weighted by Gasteiger charge is 2.33. The second kappa shape index (κ2) is 11.0. The Bertz CT molecular complexity index is 1720. The van der Waals surface area contributed by atoms with Crippen LogP contribution in [-0.2, 0) is 16.1 Å². The van der Waals surface area contributed by atoms with Crippen molar-refractivity contribution < 1.29 is 18.7 Å². The Morgan fingerprint density at radius 2 is 1.92 bits per heavy atom. The molecule has 0 radical (unpaired) electrons. The van der Waals surface area contributed by atoms with Crippen LogP contribution in [0.25, 0.3) is 6.08 Å². The van der Waals surface area contributed by atoms with Crippen LogP contribution in [-0.4, -0.2) is 17.1 Å². The number of thiazole rings is 1. The van der Waals surface area contributed by atoms with Crippen molar-refractivity contribution >= 4 is 46.6 Å². The average Bonchev–Trinajstić information content (AvgIpc) is 3.48. The number of carbonyl (C=O) groups excluding carboxylic acids is 1. The number of fused-ring (bicyclic) bond motifs is 1. The molecule has 38 heavy (non-hydrogen) atoms. The van der Waals surface area contributed by atoms with Gasteiger partial charge in [-0.3, -0.25) is 9.36 Å². The zero-order chi connectivity index (χ0) is 26.8. The Labute approximate surface area is 231 Å². The predicted octanol–water partition coefficient (Wildman–Crippen LogP) is 5.28. The number of ether oxygens (including phenoxy) is 2. The first-order valence-corrected chi connectivity index (χ1v) is 13.3. The maximum absolute atomic E-state index is 13.6. The summed E-state index contributed by atoms with van der Waals surface area (Å²) in [5.74, 6) is 0.970. The third-order valence-electron chi connectivity index (χ3n) is 5.87. The van der Waals surface area contributed by atoms with Gasteiger partial charge in [-0.15, -0.1) is 0 Å². The molecular weight excluding hydrogens is 547 g/mol. The van der Waals surface area contributed by atoms with Crippen molar-refractivity contribution in [1.82, 2.24) is 4.57 Å². The highest BCUT2D eigenvalue weighted by molar-refractivity contribution is 7.07. The van der Waals surface area contributed by atoms with Gasteiger partial charge in [0.25, 0.3) is 5.56 Å². The number of benzene rings is 2. The van der Waals surface area contributed by atoms with E-state index < -0.39 is 12.0 Å². The van der Waals surface area contributed by atoms with Crippen molar-refractivity contribution in [3.8, 4) is 5.75 Å². The van der Waals surface area contributed by atoms with Crippen LogP contribution in [0.15, 0.2) is 86.1 Å². The third kappa shape index (κ3) is 5.07. The lowest BCUT2D eigenvalue weighted by Gasteiger charge is -2.24. The summed E-state index contributed by atoms with van der Waals surface area (Å²) in [4.78, 5) is 31.6. The number of aromatic nitrogens is 1. The molecule has 1 aliphatic rings. The van der Waals surface area contributed by atoms with Crippen LogP contribution in [0, 0.1) is 0 Å². The number of rotatable bonds is 7. The Kier molecular flexibility index (Phi) is 7.56. The summed E-state index contributed by atoms with van der Waals surface area (Å²) in [6, 6.07) is 17.4. The minimum absolute atomic E-state index is 0.130. The number of halogens is 2. The summed E-state index contributed by atoms with van der Waals surface area (Å²) in [5.41, 5.74) is 1.36. The Hall–Kier alpha value is -3.59. The first kappa shape index (κ1) is 26.0. The molecule has 0 saturated carbocycles. The number of nitrogens with zero attached hydrogens (tertiary/aromatic N) is 2. The minimum atomic E-state index is -0.656. The smallest absolute Gasteiger partial charge is 0.338 e. The second-order valence-electron chi connectivity index (χ2n) is 8.36. The van der Waals surface area contributed by atoms with Crippen LogP contribution in [0.2, 0.25) is 10.0 Å². The molecule has 1 aliphatic heterocycles. The fourth-order valence-corrected chi connectivity index (χ4v) is 5.54. The molecule has 3 heterocycles. The fraction of sp³-hybridized carbons (Fsp3) is 0.179. The molecule has 194 valence electrons. The van der Waals surface area contributed by atoms with Gasteiger partial charge in [-0.25, -0.2) is 9.79 Å². The second-order valence-corrected chi connectivity index (χ2v) is 10.2. The van der Waals surface area contributed by atoms with Gasteiger partial charge in [-0.1, -0.05) is 70.9 Å². The van der Waals surface area contributed by atoms with Gasteiger partial charge >= 0.3 is 5.97 Å². The molecule has 5 rings (SSSR count). The quantitative estimate of drug-likeness (QED) is 0.283. The molecule has 4 aromatic rings. The van der Waals surface area contributed by atoms with Gasteiger partial charge in [0.15, 0.2) is 4.80 Å². The van der Waals surface area contributed by atoms with Crippen molar-refractivity contribution in [1.29, 1.82) is 0 Å². The van der Waals surface area contributed by atoms with Gasteiger partial charge in [0.2, 0.25) is 0 Å². The Balaban J connectivity index is 1.50. The molecule has 10 heteroatoms. The lowest BCUT2D eigenvalue weighted by atomic mass is 9.96. The molecule has 0 spiro atoms. The zero-order valence-corrected chi connectivity index (χ0v) is 22.8. The SMILES string of the molecule is CCOC(=O)C1=C(C)N=c2s/c(=C\c3ccc(COc4cccc(Cl)c4Cl)o3)c(=O)n2[C@H]1c1ccccc1. The van der Waals surface area contributed by atoms with Crippen molar-refractivity contribution in [3.05, 3.63) is 119 Å². The van der Waals surface area contributed by atoms with E-state index in [9.17, 15) is 9.59 Å². The normalized spacial score (nSPS) is 15.3. The molecule has 0 bridgehead atoms. The standard InChI is InChI=1S/C28H22Cl2N2O5S/c1-3-35-27(34)23-16(2)31-28-32(25(23)17-8-5-4-6-9-17)26(33)22(38-28)14-18-12-13-19(37-18)15-36-21-11-7-10-20(29)24(21)30/h4-14,25H,3,15H2,1-2H3/b22-14-/t25-/m0/s1. The zero-order valence-electron chi connectivity index (χ0n) is 20.4. The maximum atomic E-state index is 13.6. The highest BCUT2D eigenvalue weighted by Crippen LogP contribution is 2.32. The lowest BCUT2D eigenvalue weighted by Crippen LogP contribution is -2.39. The highest BCUT2D eigenvalue weighted by atomic mass is 35.5. The number of carbonyl (C=O) groups is 1. The Morgan fingerprint density at radius 1 is 1.13 bits per heavy atom. The lowest BCUT2D eigenvalue weighted by molar-refractivity contribution is -0.139. The van der Waals surface area contributed by atoms with E-state index in [4.69, 9.17) is 37.1 Å². The molecule has 7 nitrogen and oxygen atoms in total. The van der Waals surface area contributed by atoms with Crippen molar-refractivity contribution in [2.45, 2.75) is 26.5 Å². The summed E-state index contributed by atoms with van der Waals surface area (Å²) in [5, 5.41) is 0.724. The molecular formula is C28H22Cl2N2O5S. The van der Waals surface area contributed by atoms with E-state index >= 15 is 0 Å². The first-order valence-electron chi connectivity index (χ1n) is 11.8. The molecule has 0 amide bonds.